The van der Waals surface area contributed by atoms with Gasteiger partial charge in [0.1, 0.15) is 6.54 Å². The van der Waals surface area contributed by atoms with Crippen LogP contribution in [0.4, 0.5) is 10.5 Å². The summed E-state index contributed by atoms with van der Waals surface area (Å²) in [5.74, 6) is -0.776. The molecule has 3 amide bonds. The summed E-state index contributed by atoms with van der Waals surface area (Å²) >= 11 is 0. The first-order valence-electron chi connectivity index (χ1n) is 8.54. The monoisotopic (exact) mass is 371 g/mol. The first-order valence-corrected chi connectivity index (χ1v) is 8.54. The Balaban J connectivity index is 1.49. The van der Waals surface area contributed by atoms with Gasteiger partial charge in [-0.25, -0.2) is 4.79 Å². The fourth-order valence-electron chi connectivity index (χ4n) is 2.79. The Bertz CT molecular complexity index is 831. The standard InChI is InChI=1S/C18H21N5O4/c1-27-17(25)10-19-16(24)8-12-2-4-14(5-3-12)21-18(26)23-7-6-13-9-20-22-15(13)11-23/h2-5,9H,6-8,10-11H2,1H3,(H,19,24)(H,20,22)(H,21,26). The number of amides is 3. The van der Waals surface area contributed by atoms with E-state index in [1.54, 1.807) is 35.4 Å². The lowest BCUT2D eigenvalue weighted by molar-refractivity contribution is -0.141. The summed E-state index contributed by atoms with van der Waals surface area (Å²) in [7, 11) is 1.26. The molecule has 3 rings (SSSR count). The Morgan fingerprint density at radius 2 is 2.04 bits per heavy atom. The summed E-state index contributed by atoms with van der Waals surface area (Å²) in [4.78, 5) is 36.9. The number of anilines is 1. The molecule has 2 heterocycles. The lowest BCUT2D eigenvalue weighted by Crippen LogP contribution is -2.38. The van der Waals surface area contributed by atoms with E-state index in [0.29, 0.717) is 18.8 Å². The van der Waals surface area contributed by atoms with E-state index in [4.69, 9.17) is 0 Å². The third kappa shape index (κ3) is 4.84. The smallest absolute Gasteiger partial charge is 0.325 e. The molecule has 0 atom stereocenters. The average Bonchev–Trinajstić information content (AvgIpc) is 3.15. The largest absolute Gasteiger partial charge is 0.468 e. The first-order chi connectivity index (χ1) is 13.0. The van der Waals surface area contributed by atoms with Crippen LogP contribution in [0.3, 0.4) is 0 Å². The molecule has 1 aromatic carbocycles. The van der Waals surface area contributed by atoms with Crippen LogP contribution in [0.1, 0.15) is 16.8 Å². The van der Waals surface area contributed by atoms with Crippen molar-refractivity contribution < 1.29 is 19.1 Å². The van der Waals surface area contributed by atoms with Crippen LogP contribution < -0.4 is 10.6 Å². The third-order valence-corrected chi connectivity index (χ3v) is 4.32. The summed E-state index contributed by atoms with van der Waals surface area (Å²) in [6.45, 7) is 0.980. The second-order valence-electron chi connectivity index (χ2n) is 6.20. The van der Waals surface area contributed by atoms with E-state index < -0.39 is 5.97 Å². The quantitative estimate of drug-likeness (QED) is 0.673. The van der Waals surface area contributed by atoms with Crippen molar-refractivity contribution in [3.63, 3.8) is 0 Å². The van der Waals surface area contributed by atoms with Crippen LogP contribution in [0, 0.1) is 0 Å². The summed E-state index contributed by atoms with van der Waals surface area (Å²) < 4.78 is 4.47. The maximum absolute atomic E-state index is 12.4. The molecule has 0 bridgehead atoms. The Kier molecular flexibility index (Phi) is 5.70. The van der Waals surface area contributed by atoms with Gasteiger partial charge in [-0.2, -0.15) is 5.10 Å². The van der Waals surface area contributed by atoms with Crippen molar-refractivity contribution in [2.24, 2.45) is 0 Å². The molecule has 9 heteroatoms. The molecular weight excluding hydrogens is 350 g/mol. The Hall–Kier alpha value is -3.36. The van der Waals surface area contributed by atoms with Crippen molar-refractivity contribution in [2.45, 2.75) is 19.4 Å². The number of hydrogen-bond donors (Lipinski definition) is 3. The molecule has 1 aliphatic heterocycles. The highest BCUT2D eigenvalue weighted by molar-refractivity contribution is 5.89. The van der Waals surface area contributed by atoms with Gasteiger partial charge in [0, 0.05) is 12.2 Å². The third-order valence-electron chi connectivity index (χ3n) is 4.32. The number of fused-ring (bicyclic) bond motifs is 1. The van der Waals surface area contributed by atoms with Crippen molar-refractivity contribution in [2.75, 3.05) is 25.5 Å². The zero-order valence-electron chi connectivity index (χ0n) is 14.9. The van der Waals surface area contributed by atoms with Gasteiger partial charge >= 0.3 is 12.0 Å². The minimum Gasteiger partial charge on any atom is -0.468 e. The molecule has 0 saturated heterocycles. The van der Waals surface area contributed by atoms with Crippen molar-refractivity contribution in [3.05, 3.63) is 47.3 Å². The Labute approximate surface area is 156 Å². The molecule has 3 N–H and O–H groups in total. The van der Waals surface area contributed by atoms with Gasteiger partial charge in [0.15, 0.2) is 0 Å². The summed E-state index contributed by atoms with van der Waals surface area (Å²) in [5.41, 5.74) is 3.53. The number of carbonyl (C=O) groups is 3. The predicted octanol–water partition coefficient (Wildman–Crippen LogP) is 0.832. The maximum atomic E-state index is 12.4. The molecule has 1 aromatic heterocycles. The number of rotatable bonds is 5. The molecule has 0 radical (unpaired) electrons. The van der Waals surface area contributed by atoms with E-state index >= 15 is 0 Å². The summed E-state index contributed by atoms with van der Waals surface area (Å²) in [5, 5.41) is 12.2. The number of nitrogens with one attached hydrogen (secondary N) is 3. The fourth-order valence-corrected chi connectivity index (χ4v) is 2.79. The van der Waals surface area contributed by atoms with Crippen LogP contribution >= 0.6 is 0 Å². The number of urea groups is 1. The fraction of sp³-hybridized carbons (Fsp3) is 0.333. The molecule has 9 nitrogen and oxygen atoms in total. The maximum Gasteiger partial charge on any atom is 0.325 e. The number of aromatic nitrogens is 2. The number of esters is 1. The molecule has 0 fully saturated rings. The van der Waals surface area contributed by atoms with Gasteiger partial charge in [-0.3, -0.25) is 14.7 Å². The number of carbonyl (C=O) groups excluding carboxylic acids is 3. The van der Waals surface area contributed by atoms with Gasteiger partial charge in [0.25, 0.3) is 0 Å². The van der Waals surface area contributed by atoms with Crippen molar-refractivity contribution in [1.82, 2.24) is 20.4 Å². The van der Waals surface area contributed by atoms with Crippen LogP contribution in [-0.2, 0) is 33.7 Å². The predicted molar refractivity (Wildman–Crippen MR) is 96.9 cm³/mol. The Morgan fingerprint density at radius 1 is 1.26 bits per heavy atom. The highest BCUT2D eigenvalue weighted by Crippen LogP contribution is 2.17. The molecule has 0 aliphatic carbocycles. The van der Waals surface area contributed by atoms with Gasteiger partial charge in [0.2, 0.25) is 5.91 Å². The highest BCUT2D eigenvalue weighted by Gasteiger charge is 2.21. The van der Waals surface area contributed by atoms with E-state index in [1.807, 2.05) is 0 Å². The topological polar surface area (TPSA) is 116 Å². The van der Waals surface area contributed by atoms with Gasteiger partial charge < -0.3 is 20.3 Å². The molecule has 27 heavy (non-hydrogen) atoms. The zero-order chi connectivity index (χ0) is 19.2. The summed E-state index contributed by atoms with van der Waals surface area (Å²) in [6, 6.07) is 6.82. The number of benzene rings is 1. The number of ether oxygens (including phenoxy) is 1. The molecular formula is C18H21N5O4. The number of methoxy groups -OCH3 is 1. The van der Waals surface area contributed by atoms with Gasteiger partial charge in [-0.1, -0.05) is 12.1 Å². The van der Waals surface area contributed by atoms with E-state index in [0.717, 1.165) is 23.2 Å². The SMILES string of the molecule is COC(=O)CNC(=O)Cc1ccc(NC(=O)N2CCc3cn[nH]c3C2)cc1. The lowest BCUT2D eigenvalue weighted by Gasteiger charge is -2.26. The minimum absolute atomic E-state index is 0.139. The second-order valence-corrected chi connectivity index (χ2v) is 6.20. The van der Waals surface area contributed by atoms with Crippen LogP contribution in [-0.4, -0.2) is 53.2 Å². The molecule has 0 saturated carbocycles. The first kappa shape index (κ1) is 18.4. The highest BCUT2D eigenvalue weighted by atomic mass is 16.5. The van der Waals surface area contributed by atoms with Crippen molar-refractivity contribution >= 4 is 23.6 Å². The van der Waals surface area contributed by atoms with Gasteiger partial charge in [0.05, 0.1) is 32.0 Å². The minimum atomic E-state index is -0.499. The normalized spacial score (nSPS) is 12.9. The molecule has 2 aromatic rings. The van der Waals surface area contributed by atoms with Gasteiger partial charge in [-0.05, 0) is 29.7 Å². The molecule has 1 aliphatic rings. The van der Waals surface area contributed by atoms with E-state index in [-0.39, 0.29) is 24.9 Å². The van der Waals surface area contributed by atoms with E-state index in [9.17, 15) is 14.4 Å². The van der Waals surface area contributed by atoms with Crippen molar-refractivity contribution in [1.29, 1.82) is 0 Å². The number of aromatic amines is 1. The van der Waals surface area contributed by atoms with Crippen LogP contribution in [0.5, 0.6) is 0 Å². The number of hydrogen-bond acceptors (Lipinski definition) is 5. The zero-order valence-corrected chi connectivity index (χ0v) is 14.9. The van der Waals surface area contributed by atoms with E-state index in [2.05, 4.69) is 25.6 Å². The van der Waals surface area contributed by atoms with Crippen LogP contribution in [0.2, 0.25) is 0 Å². The van der Waals surface area contributed by atoms with Crippen LogP contribution in [0.15, 0.2) is 30.5 Å². The average molecular weight is 371 g/mol. The number of nitrogens with zero attached hydrogens (tertiary/aromatic N) is 2. The Morgan fingerprint density at radius 3 is 2.78 bits per heavy atom. The van der Waals surface area contributed by atoms with Gasteiger partial charge in [-0.15, -0.1) is 0 Å². The van der Waals surface area contributed by atoms with Crippen molar-refractivity contribution in [3.8, 4) is 0 Å². The van der Waals surface area contributed by atoms with Crippen LogP contribution in [0.25, 0.3) is 0 Å². The second kappa shape index (κ2) is 8.35. The summed E-state index contributed by atoms with van der Waals surface area (Å²) in [6.07, 6.45) is 2.71. The molecule has 0 unspecified atom stereocenters. The number of H-pyrrole nitrogens is 1. The lowest BCUT2D eigenvalue weighted by atomic mass is 10.1. The van der Waals surface area contributed by atoms with E-state index in [1.165, 1.54) is 7.11 Å². The molecule has 0 spiro atoms. The molecule has 142 valence electrons.